The zero-order valence-electron chi connectivity index (χ0n) is 19.0. The normalized spacial score (nSPS) is 21.6. The number of piperidine rings is 1. The van der Waals surface area contributed by atoms with Crippen LogP contribution in [-0.4, -0.2) is 63.3 Å². The van der Waals surface area contributed by atoms with E-state index in [0.717, 1.165) is 50.8 Å². The molecule has 4 rings (SSSR count). The SMILES string of the molecule is CC(C)CCNC(=O)CN1C(=O)C2CCCCN2c2ccc(S(=O)(=O)N3CCCC3)cc21. The number of hydrogen-bond donors (Lipinski definition) is 1. The quantitative estimate of drug-likeness (QED) is 0.672. The van der Waals surface area contributed by atoms with E-state index in [4.69, 9.17) is 0 Å². The molecule has 0 radical (unpaired) electrons. The van der Waals surface area contributed by atoms with Crippen LogP contribution in [0.2, 0.25) is 0 Å². The third kappa shape index (κ3) is 4.50. The van der Waals surface area contributed by atoms with Crippen molar-refractivity contribution in [2.45, 2.75) is 63.3 Å². The third-order valence-corrected chi connectivity index (χ3v) is 8.54. The van der Waals surface area contributed by atoms with Crippen LogP contribution in [0.25, 0.3) is 0 Å². The van der Waals surface area contributed by atoms with Crippen LogP contribution in [0.1, 0.15) is 52.4 Å². The van der Waals surface area contributed by atoms with Crippen molar-refractivity contribution in [2.24, 2.45) is 5.92 Å². The van der Waals surface area contributed by atoms with Gasteiger partial charge in [-0.2, -0.15) is 4.31 Å². The Morgan fingerprint density at radius 3 is 2.53 bits per heavy atom. The number of rotatable bonds is 7. The third-order valence-electron chi connectivity index (χ3n) is 6.65. The second kappa shape index (κ2) is 9.39. The summed E-state index contributed by atoms with van der Waals surface area (Å²) in [6.45, 7) is 6.46. The van der Waals surface area contributed by atoms with Crippen molar-refractivity contribution in [3.05, 3.63) is 18.2 Å². The number of benzene rings is 1. The second-order valence-electron chi connectivity index (χ2n) is 9.42. The minimum atomic E-state index is -3.62. The maximum Gasteiger partial charge on any atom is 0.250 e. The Balaban J connectivity index is 1.66. The fraction of sp³-hybridized carbons (Fsp3) is 0.652. The molecular weight excluding hydrogens is 428 g/mol. The number of amides is 2. The van der Waals surface area contributed by atoms with Gasteiger partial charge in [-0.25, -0.2) is 8.42 Å². The van der Waals surface area contributed by atoms with Crippen LogP contribution in [0.15, 0.2) is 23.1 Å². The summed E-state index contributed by atoms with van der Waals surface area (Å²) in [5, 5.41) is 2.90. The van der Waals surface area contributed by atoms with Gasteiger partial charge in [0.25, 0.3) is 0 Å². The monoisotopic (exact) mass is 462 g/mol. The molecule has 2 fully saturated rings. The molecular formula is C23H34N4O4S. The number of hydrogen-bond acceptors (Lipinski definition) is 5. The molecule has 2 saturated heterocycles. The first kappa shape index (κ1) is 23.0. The lowest BCUT2D eigenvalue weighted by atomic mass is 9.96. The van der Waals surface area contributed by atoms with Crippen LogP contribution in [0, 0.1) is 5.92 Å². The van der Waals surface area contributed by atoms with Crippen LogP contribution >= 0.6 is 0 Å². The van der Waals surface area contributed by atoms with Gasteiger partial charge in [0, 0.05) is 26.2 Å². The first-order chi connectivity index (χ1) is 15.3. The first-order valence-electron chi connectivity index (χ1n) is 11.8. The largest absolute Gasteiger partial charge is 0.358 e. The van der Waals surface area contributed by atoms with Crippen LogP contribution in [0.4, 0.5) is 11.4 Å². The highest BCUT2D eigenvalue weighted by atomic mass is 32.2. The number of carbonyl (C=O) groups is 2. The topological polar surface area (TPSA) is 90.0 Å². The van der Waals surface area contributed by atoms with Crippen molar-refractivity contribution in [1.29, 1.82) is 0 Å². The Hall–Kier alpha value is -2.13. The van der Waals surface area contributed by atoms with Gasteiger partial charge in [0.2, 0.25) is 21.8 Å². The summed E-state index contributed by atoms with van der Waals surface area (Å²) in [6.07, 6.45) is 5.30. The van der Waals surface area contributed by atoms with Crippen LogP contribution in [0.5, 0.6) is 0 Å². The van der Waals surface area contributed by atoms with Crippen molar-refractivity contribution in [3.63, 3.8) is 0 Å². The summed E-state index contributed by atoms with van der Waals surface area (Å²) in [6, 6.07) is 4.76. The van der Waals surface area contributed by atoms with Gasteiger partial charge in [-0.05, 0) is 62.6 Å². The molecule has 3 aliphatic heterocycles. The van der Waals surface area contributed by atoms with E-state index >= 15 is 0 Å². The van der Waals surface area contributed by atoms with E-state index < -0.39 is 10.0 Å². The Bertz CT molecular complexity index is 972. The van der Waals surface area contributed by atoms with Gasteiger partial charge in [-0.3, -0.25) is 14.5 Å². The Kier molecular flexibility index (Phi) is 6.76. The van der Waals surface area contributed by atoms with Gasteiger partial charge >= 0.3 is 0 Å². The van der Waals surface area contributed by atoms with Crippen molar-refractivity contribution in [3.8, 4) is 0 Å². The molecule has 8 nitrogen and oxygen atoms in total. The lowest BCUT2D eigenvalue weighted by Gasteiger charge is -2.45. The Morgan fingerprint density at radius 1 is 1.09 bits per heavy atom. The van der Waals surface area contributed by atoms with Gasteiger partial charge in [0.1, 0.15) is 12.6 Å². The average Bonchev–Trinajstić information content (AvgIpc) is 3.32. The molecule has 2 amide bonds. The molecule has 1 unspecified atom stereocenters. The van der Waals surface area contributed by atoms with E-state index in [1.54, 1.807) is 12.1 Å². The molecule has 1 atom stereocenters. The summed E-state index contributed by atoms with van der Waals surface area (Å²) in [4.78, 5) is 29.8. The Labute approximate surface area is 191 Å². The fourth-order valence-electron chi connectivity index (χ4n) is 4.84. The predicted molar refractivity (Wildman–Crippen MR) is 124 cm³/mol. The molecule has 1 aromatic carbocycles. The molecule has 3 aliphatic rings. The van der Waals surface area contributed by atoms with Gasteiger partial charge < -0.3 is 10.2 Å². The van der Waals surface area contributed by atoms with Gasteiger partial charge in [0.15, 0.2) is 0 Å². The zero-order chi connectivity index (χ0) is 22.9. The molecule has 176 valence electrons. The van der Waals surface area contributed by atoms with Crippen LogP contribution in [0.3, 0.4) is 0 Å². The molecule has 0 bridgehead atoms. The molecule has 32 heavy (non-hydrogen) atoms. The van der Waals surface area contributed by atoms with E-state index in [-0.39, 0.29) is 29.3 Å². The van der Waals surface area contributed by atoms with Crippen molar-refractivity contribution in [1.82, 2.24) is 9.62 Å². The highest BCUT2D eigenvalue weighted by Crippen LogP contribution is 2.41. The molecule has 0 saturated carbocycles. The maximum absolute atomic E-state index is 13.4. The van der Waals surface area contributed by atoms with Gasteiger partial charge in [-0.1, -0.05) is 13.8 Å². The maximum atomic E-state index is 13.4. The molecule has 3 heterocycles. The van der Waals surface area contributed by atoms with E-state index in [2.05, 4.69) is 24.1 Å². The van der Waals surface area contributed by atoms with Gasteiger partial charge in [-0.15, -0.1) is 0 Å². The number of anilines is 2. The minimum Gasteiger partial charge on any atom is -0.358 e. The van der Waals surface area contributed by atoms with Gasteiger partial charge in [0.05, 0.1) is 16.3 Å². The van der Waals surface area contributed by atoms with Crippen LogP contribution < -0.4 is 15.1 Å². The molecule has 0 aromatic heterocycles. The number of nitrogens with one attached hydrogen (secondary N) is 1. The van der Waals surface area contributed by atoms with Crippen molar-refractivity contribution >= 4 is 33.2 Å². The molecule has 1 aromatic rings. The molecule has 9 heteroatoms. The smallest absolute Gasteiger partial charge is 0.250 e. The number of nitrogens with zero attached hydrogens (tertiary/aromatic N) is 3. The summed E-state index contributed by atoms with van der Waals surface area (Å²) >= 11 is 0. The van der Waals surface area contributed by atoms with Crippen molar-refractivity contribution in [2.75, 3.05) is 42.5 Å². The predicted octanol–water partition coefficient (Wildman–Crippen LogP) is 2.34. The van der Waals surface area contributed by atoms with Crippen LogP contribution in [-0.2, 0) is 19.6 Å². The number of sulfonamides is 1. The zero-order valence-corrected chi connectivity index (χ0v) is 19.9. The summed E-state index contributed by atoms with van der Waals surface area (Å²) in [7, 11) is -3.62. The first-order valence-corrected chi connectivity index (χ1v) is 13.2. The lowest BCUT2D eigenvalue weighted by Crippen LogP contribution is -2.57. The Morgan fingerprint density at radius 2 is 1.81 bits per heavy atom. The minimum absolute atomic E-state index is 0.0958. The summed E-state index contributed by atoms with van der Waals surface area (Å²) in [5.74, 6) is 0.135. The standard InChI is InChI=1S/C23H34N4O4S/c1-17(2)10-11-24-22(28)16-27-21-15-18(32(30,31)25-12-5-6-13-25)8-9-19(21)26-14-4-3-7-20(26)23(27)29/h8-9,15,17,20H,3-7,10-14,16H2,1-2H3,(H,24,28). The van der Waals surface area contributed by atoms with E-state index in [9.17, 15) is 18.0 Å². The second-order valence-corrected chi connectivity index (χ2v) is 11.4. The summed E-state index contributed by atoms with van der Waals surface area (Å²) < 4.78 is 27.8. The lowest BCUT2D eigenvalue weighted by molar-refractivity contribution is -0.125. The summed E-state index contributed by atoms with van der Waals surface area (Å²) in [5.41, 5.74) is 1.36. The van der Waals surface area contributed by atoms with Crippen molar-refractivity contribution < 1.29 is 18.0 Å². The average molecular weight is 463 g/mol. The fourth-order valence-corrected chi connectivity index (χ4v) is 6.38. The molecule has 0 aliphatic carbocycles. The highest BCUT2D eigenvalue weighted by molar-refractivity contribution is 7.89. The van der Waals surface area contributed by atoms with E-state index in [1.165, 1.54) is 9.21 Å². The number of carbonyl (C=O) groups excluding carboxylic acids is 2. The molecule has 1 N–H and O–H groups in total. The number of fused-ring (bicyclic) bond motifs is 3. The molecule has 0 spiro atoms. The van der Waals surface area contributed by atoms with E-state index in [0.29, 0.717) is 31.2 Å². The van der Waals surface area contributed by atoms with E-state index in [1.807, 2.05) is 6.07 Å². The highest BCUT2D eigenvalue weighted by Gasteiger charge is 2.41.